The summed E-state index contributed by atoms with van der Waals surface area (Å²) >= 11 is 3.38. The quantitative estimate of drug-likeness (QED) is 0.487. The van der Waals surface area contributed by atoms with Crippen LogP contribution in [-0.2, 0) is 10.0 Å². The standard InChI is InChI=1S/C21H25BrN2O4S/c1-4-12-23-29(26,27)18-8-6-17(7-9-18)24-21(25)19-14-16(22)5-10-20(19)28-13-11-15(2)3/h4-10,14-15,23H,1,11-13H2,2-3H3,(H,24,25). The Kier molecular flexibility index (Phi) is 8.43. The molecule has 2 aromatic rings. The Hall–Kier alpha value is -2.16. The van der Waals surface area contributed by atoms with Crippen LogP contribution in [0.3, 0.4) is 0 Å². The summed E-state index contributed by atoms with van der Waals surface area (Å²) in [7, 11) is -3.61. The van der Waals surface area contributed by atoms with Crippen LogP contribution in [0, 0.1) is 5.92 Å². The lowest BCUT2D eigenvalue weighted by molar-refractivity contribution is 0.102. The molecule has 2 rings (SSSR count). The highest BCUT2D eigenvalue weighted by atomic mass is 79.9. The van der Waals surface area contributed by atoms with Gasteiger partial charge in [-0.05, 0) is 54.8 Å². The molecule has 0 bridgehead atoms. The fourth-order valence-corrected chi connectivity index (χ4v) is 3.74. The molecule has 0 aliphatic rings. The Morgan fingerprint density at radius 2 is 1.90 bits per heavy atom. The van der Waals surface area contributed by atoms with Gasteiger partial charge in [0.05, 0.1) is 17.1 Å². The van der Waals surface area contributed by atoms with Crippen LogP contribution in [0.4, 0.5) is 5.69 Å². The van der Waals surface area contributed by atoms with E-state index in [4.69, 9.17) is 4.74 Å². The Morgan fingerprint density at radius 1 is 1.21 bits per heavy atom. The van der Waals surface area contributed by atoms with E-state index in [0.29, 0.717) is 29.5 Å². The minimum Gasteiger partial charge on any atom is -0.493 e. The molecule has 6 nitrogen and oxygen atoms in total. The van der Waals surface area contributed by atoms with E-state index in [1.54, 1.807) is 12.1 Å². The third-order valence-corrected chi connectivity index (χ3v) is 5.91. The molecule has 0 heterocycles. The molecule has 156 valence electrons. The number of benzene rings is 2. The van der Waals surface area contributed by atoms with Crippen LogP contribution in [0.2, 0.25) is 0 Å². The largest absolute Gasteiger partial charge is 0.493 e. The zero-order valence-electron chi connectivity index (χ0n) is 16.4. The van der Waals surface area contributed by atoms with Gasteiger partial charge in [-0.2, -0.15) is 0 Å². The second kappa shape index (κ2) is 10.6. The summed E-state index contributed by atoms with van der Waals surface area (Å²) < 4.78 is 33.2. The van der Waals surface area contributed by atoms with Crippen molar-refractivity contribution in [2.75, 3.05) is 18.5 Å². The molecule has 0 saturated heterocycles. The first kappa shape index (κ1) is 23.1. The number of hydrogen-bond donors (Lipinski definition) is 2. The van der Waals surface area contributed by atoms with Crippen molar-refractivity contribution in [2.45, 2.75) is 25.2 Å². The van der Waals surface area contributed by atoms with Crippen LogP contribution in [0.25, 0.3) is 0 Å². The van der Waals surface area contributed by atoms with Crippen LogP contribution in [0.15, 0.2) is 64.5 Å². The van der Waals surface area contributed by atoms with Gasteiger partial charge < -0.3 is 10.1 Å². The summed E-state index contributed by atoms with van der Waals surface area (Å²) in [5.41, 5.74) is 0.873. The zero-order valence-corrected chi connectivity index (χ0v) is 18.8. The number of carbonyl (C=O) groups excluding carboxylic acids is 1. The molecule has 0 spiro atoms. The van der Waals surface area contributed by atoms with Crippen LogP contribution >= 0.6 is 15.9 Å². The molecular weight excluding hydrogens is 456 g/mol. The van der Waals surface area contributed by atoms with Crippen molar-refractivity contribution in [3.05, 3.63) is 65.2 Å². The van der Waals surface area contributed by atoms with Crippen molar-refractivity contribution in [2.24, 2.45) is 5.92 Å². The van der Waals surface area contributed by atoms with Crippen molar-refractivity contribution in [3.63, 3.8) is 0 Å². The predicted molar refractivity (Wildman–Crippen MR) is 119 cm³/mol. The fourth-order valence-electron chi connectivity index (χ4n) is 2.38. The molecule has 0 saturated carbocycles. The highest BCUT2D eigenvalue weighted by Crippen LogP contribution is 2.25. The van der Waals surface area contributed by atoms with Gasteiger partial charge in [-0.15, -0.1) is 6.58 Å². The van der Waals surface area contributed by atoms with Gasteiger partial charge in [0.1, 0.15) is 5.75 Å². The van der Waals surface area contributed by atoms with Gasteiger partial charge in [-0.25, -0.2) is 13.1 Å². The molecule has 8 heteroatoms. The molecule has 0 unspecified atom stereocenters. The van der Waals surface area contributed by atoms with Crippen molar-refractivity contribution in [1.29, 1.82) is 0 Å². The normalized spacial score (nSPS) is 11.3. The maximum Gasteiger partial charge on any atom is 0.259 e. The summed E-state index contributed by atoms with van der Waals surface area (Å²) in [5.74, 6) is 0.656. The summed E-state index contributed by atoms with van der Waals surface area (Å²) in [6, 6.07) is 11.2. The van der Waals surface area contributed by atoms with Crippen molar-refractivity contribution in [1.82, 2.24) is 4.72 Å². The van der Waals surface area contributed by atoms with Crippen LogP contribution < -0.4 is 14.8 Å². The van der Waals surface area contributed by atoms with E-state index in [-0.39, 0.29) is 17.3 Å². The summed E-state index contributed by atoms with van der Waals surface area (Å²) in [6.07, 6.45) is 2.35. The lowest BCUT2D eigenvalue weighted by Crippen LogP contribution is -2.23. The van der Waals surface area contributed by atoms with Gasteiger partial charge in [0.25, 0.3) is 5.91 Å². The van der Waals surface area contributed by atoms with E-state index in [2.05, 4.69) is 46.4 Å². The lowest BCUT2D eigenvalue weighted by atomic mass is 10.1. The Morgan fingerprint density at radius 3 is 2.52 bits per heavy atom. The Labute approximate surface area is 180 Å². The summed E-state index contributed by atoms with van der Waals surface area (Å²) in [5, 5.41) is 2.78. The number of ether oxygens (including phenoxy) is 1. The molecule has 2 aromatic carbocycles. The summed E-state index contributed by atoms with van der Waals surface area (Å²) in [4.78, 5) is 12.9. The highest BCUT2D eigenvalue weighted by Gasteiger charge is 2.16. The molecule has 0 radical (unpaired) electrons. The van der Waals surface area contributed by atoms with Gasteiger partial charge in [-0.1, -0.05) is 35.9 Å². The molecule has 1 amide bonds. The number of hydrogen-bond acceptors (Lipinski definition) is 4. The molecule has 0 fully saturated rings. The molecule has 29 heavy (non-hydrogen) atoms. The maximum absolute atomic E-state index is 12.8. The average molecular weight is 481 g/mol. The van der Waals surface area contributed by atoms with Gasteiger partial charge in [0, 0.05) is 16.7 Å². The molecule has 0 aliphatic heterocycles. The van der Waals surface area contributed by atoms with E-state index >= 15 is 0 Å². The van der Waals surface area contributed by atoms with Gasteiger partial charge in [0.2, 0.25) is 10.0 Å². The van der Waals surface area contributed by atoms with Gasteiger partial charge in [-0.3, -0.25) is 4.79 Å². The second-order valence-corrected chi connectivity index (χ2v) is 9.47. The monoisotopic (exact) mass is 480 g/mol. The SMILES string of the molecule is C=CCNS(=O)(=O)c1ccc(NC(=O)c2cc(Br)ccc2OCCC(C)C)cc1. The number of rotatable bonds is 10. The molecule has 0 atom stereocenters. The van der Waals surface area contributed by atoms with Gasteiger partial charge in [0.15, 0.2) is 0 Å². The van der Waals surface area contributed by atoms with E-state index in [1.165, 1.54) is 30.3 Å². The number of anilines is 1. The third-order valence-electron chi connectivity index (χ3n) is 3.98. The first-order valence-electron chi connectivity index (χ1n) is 9.17. The minimum absolute atomic E-state index is 0.109. The van der Waals surface area contributed by atoms with Crippen LogP contribution in [-0.4, -0.2) is 27.5 Å². The Bertz CT molecular complexity index is 957. The number of halogens is 1. The van der Waals surface area contributed by atoms with Crippen molar-refractivity contribution < 1.29 is 17.9 Å². The van der Waals surface area contributed by atoms with E-state index in [9.17, 15) is 13.2 Å². The number of nitrogens with one attached hydrogen (secondary N) is 2. The first-order chi connectivity index (χ1) is 13.7. The van der Waals surface area contributed by atoms with E-state index < -0.39 is 10.0 Å². The van der Waals surface area contributed by atoms with Gasteiger partial charge >= 0.3 is 0 Å². The fraction of sp³-hybridized carbons (Fsp3) is 0.286. The topological polar surface area (TPSA) is 84.5 Å². The predicted octanol–water partition coefficient (Wildman–Crippen LogP) is 4.59. The second-order valence-electron chi connectivity index (χ2n) is 6.79. The number of carbonyl (C=O) groups is 1. The molecule has 2 N–H and O–H groups in total. The minimum atomic E-state index is -3.61. The molecule has 0 aromatic heterocycles. The molecular formula is C21H25BrN2O4S. The maximum atomic E-state index is 12.8. The smallest absolute Gasteiger partial charge is 0.259 e. The summed E-state index contributed by atoms with van der Waals surface area (Å²) in [6.45, 7) is 8.36. The first-order valence-corrected chi connectivity index (χ1v) is 11.4. The van der Waals surface area contributed by atoms with Crippen molar-refractivity contribution in [3.8, 4) is 5.75 Å². The van der Waals surface area contributed by atoms with E-state index in [1.807, 2.05) is 6.07 Å². The zero-order chi connectivity index (χ0) is 21.4. The number of amides is 1. The molecule has 0 aliphatic carbocycles. The van der Waals surface area contributed by atoms with Crippen LogP contribution in [0.1, 0.15) is 30.6 Å². The number of sulfonamides is 1. The Balaban J connectivity index is 2.13. The average Bonchev–Trinajstić information content (AvgIpc) is 2.67. The third kappa shape index (κ3) is 6.99. The van der Waals surface area contributed by atoms with E-state index in [0.717, 1.165) is 10.9 Å². The highest BCUT2D eigenvalue weighted by molar-refractivity contribution is 9.10. The lowest BCUT2D eigenvalue weighted by Gasteiger charge is -2.13. The van der Waals surface area contributed by atoms with Crippen molar-refractivity contribution >= 4 is 37.5 Å². The van der Waals surface area contributed by atoms with Crippen LogP contribution in [0.5, 0.6) is 5.75 Å².